The second-order valence-electron chi connectivity index (χ2n) is 12.0. The zero-order chi connectivity index (χ0) is 28.1. The van der Waals surface area contributed by atoms with Crippen LogP contribution >= 0.6 is 0 Å². The van der Waals surface area contributed by atoms with Crippen LogP contribution < -0.4 is 15.2 Å². The van der Waals surface area contributed by atoms with E-state index in [9.17, 15) is 19.2 Å². The fourth-order valence-electron chi connectivity index (χ4n) is 2.39. The molecule has 0 aliphatic heterocycles. The van der Waals surface area contributed by atoms with Gasteiger partial charge in [-0.05, 0) is 93.4 Å². The van der Waals surface area contributed by atoms with Crippen molar-refractivity contribution in [3.05, 3.63) is 23.8 Å². The molecule has 2 atom stereocenters. The Balaban J connectivity index is 2.96. The molecule has 1 aromatic rings. The minimum Gasteiger partial charge on any atom is -0.461 e. The summed E-state index contributed by atoms with van der Waals surface area (Å²) in [6.07, 6.45) is -0.559. The molecule has 2 N–H and O–H groups in total. The van der Waals surface area contributed by atoms with Crippen molar-refractivity contribution in [2.24, 2.45) is 22.0 Å². The summed E-state index contributed by atoms with van der Waals surface area (Å²) in [5.74, 6) is -1.96. The minimum absolute atomic E-state index is 0.0494. The van der Waals surface area contributed by atoms with Gasteiger partial charge in [0, 0.05) is 0 Å². The molecule has 0 saturated carbocycles. The van der Waals surface area contributed by atoms with Gasteiger partial charge in [-0.2, -0.15) is 0 Å². The highest BCUT2D eigenvalue weighted by molar-refractivity contribution is 5.81. The first-order valence-corrected chi connectivity index (χ1v) is 11.9. The average molecular weight is 508 g/mol. The Morgan fingerprint density at radius 2 is 1.25 bits per heavy atom. The first-order valence-electron chi connectivity index (χ1n) is 11.9. The van der Waals surface area contributed by atoms with Crippen LogP contribution in [0.2, 0.25) is 0 Å². The lowest BCUT2D eigenvalue weighted by Crippen LogP contribution is -2.37. The molecule has 1 rings (SSSR count). The first-order chi connectivity index (χ1) is 16.2. The Hall–Kier alpha value is -2.94. The lowest BCUT2D eigenvalue weighted by Gasteiger charge is -2.22. The number of carbonyl (C=O) groups is 4. The SMILES string of the molecule is CC(COC(=O)[C@@H](N)Cc1ccc(OC(=O)C(C)(C)C)c(OC(=O)C(C)(C)C)c1)OC(=O)C(C)(C)C. The highest BCUT2D eigenvalue weighted by atomic mass is 16.6. The number of carbonyl (C=O) groups excluding carboxylic acids is 4. The van der Waals surface area contributed by atoms with Crippen LogP contribution in [0.3, 0.4) is 0 Å². The van der Waals surface area contributed by atoms with E-state index in [-0.39, 0.29) is 24.5 Å². The van der Waals surface area contributed by atoms with Crippen LogP contribution in [0.1, 0.15) is 74.8 Å². The Morgan fingerprint density at radius 1 is 0.778 bits per heavy atom. The third-order valence-corrected chi connectivity index (χ3v) is 4.78. The van der Waals surface area contributed by atoms with Crippen LogP contribution in [0.4, 0.5) is 0 Å². The van der Waals surface area contributed by atoms with Crippen LogP contribution in [-0.4, -0.2) is 42.6 Å². The Kier molecular flexibility index (Phi) is 10.2. The maximum Gasteiger partial charge on any atom is 0.323 e. The van der Waals surface area contributed by atoms with Gasteiger partial charge in [0.1, 0.15) is 18.8 Å². The molecule has 9 heteroatoms. The van der Waals surface area contributed by atoms with E-state index < -0.39 is 52.3 Å². The summed E-state index contributed by atoms with van der Waals surface area (Å²) in [7, 11) is 0. The van der Waals surface area contributed by atoms with Gasteiger partial charge in [-0.15, -0.1) is 0 Å². The molecule has 0 aromatic heterocycles. The van der Waals surface area contributed by atoms with Crippen molar-refractivity contribution >= 4 is 23.9 Å². The number of benzene rings is 1. The standard InChI is InChI=1S/C27H41NO8/c1-16(34-22(30)25(2,3)4)15-33-21(29)18(28)13-17-11-12-19(35-23(31)26(5,6)7)20(14-17)36-24(32)27(8,9)10/h11-12,14,16,18H,13,15,28H2,1-10H3/t16?,18-/m0/s1. The lowest BCUT2D eigenvalue weighted by molar-refractivity contribution is -0.165. The molecule has 36 heavy (non-hydrogen) atoms. The van der Waals surface area contributed by atoms with E-state index in [2.05, 4.69) is 0 Å². The van der Waals surface area contributed by atoms with Gasteiger partial charge < -0.3 is 24.7 Å². The molecule has 0 spiro atoms. The number of hydrogen-bond acceptors (Lipinski definition) is 9. The Morgan fingerprint density at radius 3 is 1.72 bits per heavy atom. The number of esters is 4. The van der Waals surface area contributed by atoms with Crippen LogP contribution in [0, 0.1) is 16.2 Å². The van der Waals surface area contributed by atoms with Crippen LogP contribution in [0.5, 0.6) is 11.5 Å². The third-order valence-electron chi connectivity index (χ3n) is 4.78. The van der Waals surface area contributed by atoms with Gasteiger partial charge in [0.05, 0.1) is 16.2 Å². The van der Waals surface area contributed by atoms with Crippen molar-refractivity contribution in [2.45, 2.75) is 87.8 Å². The largest absolute Gasteiger partial charge is 0.461 e. The van der Waals surface area contributed by atoms with Crippen molar-refractivity contribution < 1.29 is 38.1 Å². The summed E-state index contributed by atoms with van der Waals surface area (Å²) in [4.78, 5) is 49.3. The van der Waals surface area contributed by atoms with E-state index in [1.54, 1.807) is 75.3 Å². The van der Waals surface area contributed by atoms with Gasteiger partial charge in [-0.1, -0.05) is 6.07 Å². The molecule has 0 radical (unpaired) electrons. The zero-order valence-corrected chi connectivity index (χ0v) is 23.1. The summed E-state index contributed by atoms with van der Waals surface area (Å²) in [6, 6.07) is 3.61. The molecule has 1 aromatic carbocycles. The van der Waals surface area contributed by atoms with Crippen molar-refractivity contribution in [1.29, 1.82) is 0 Å². The van der Waals surface area contributed by atoms with Gasteiger partial charge in [0.25, 0.3) is 0 Å². The summed E-state index contributed by atoms with van der Waals surface area (Å²) in [6.45, 7) is 16.9. The van der Waals surface area contributed by atoms with E-state index in [1.165, 1.54) is 12.1 Å². The molecule has 0 amide bonds. The second kappa shape index (κ2) is 11.9. The Bertz CT molecular complexity index is 963. The normalized spacial score (nSPS) is 13.9. The highest BCUT2D eigenvalue weighted by Gasteiger charge is 2.29. The average Bonchev–Trinajstić information content (AvgIpc) is 2.71. The topological polar surface area (TPSA) is 131 Å². The third kappa shape index (κ3) is 9.97. The number of nitrogens with two attached hydrogens (primary N) is 1. The number of rotatable bonds is 8. The zero-order valence-electron chi connectivity index (χ0n) is 23.1. The maximum absolute atomic E-state index is 12.5. The highest BCUT2D eigenvalue weighted by Crippen LogP contribution is 2.33. The summed E-state index contributed by atoms with van der Waals surface area (Å²) >= 11 is 0. The fraction of sp³-hybridized carbons (Fsp3) is 0.630. The second-order valence-corrected chi connectivity index (χ2v) is 12.0. The van der Waals surface area contributed by atoms with Crippen molar-refractivity contribution in [3.8, 4) is 11.5 Å². The summed E-state index contributed by atoms with van der Waals surface area (Å²) < 4.78 is 21.5. The molecule has 0 saturated heterocycles. The van der Waals surface area contributed by atoms with Crippen LogP contribution in [-0.2, 0) is 35.1 Å². The lowest BCUT2D eigenvalue weighted by atomic mass is 9.97. The van der Waals surface area contributed by atoms with Crippen LogP contribution in [0.25, 0.3) is 0 Å². The molecule has 1 unspecified atom stereocenters. The molecule has 0 fully saturated rings. The number of ether oxygens (including phenoxy) is 4. The molecular formula is C27H41NO8. The summed E-state index contributed by atoms with van der Waals surface area (Å²) in [5, 5.41) is 0. The van der Waals surface area contributed by atoms with Crippen molar-refractivity contribution in [3.63, 3.8) is 0 Å². The van der Waals surface area contributed by atoms with Gasteiger partial charge >= 0.3 is 23.9 Å². The molecular weight excluding hydrogens is 466 g/mol. The number of hydrogen-bond donors (Lipinski definition) is 1. The molecule has 0 aliphatic rings. The van der Waals surface area contributed by atoms with E-state index >= 15 is 0 Å². The molecule has 0 bridgehead atoms. The van der Waals surface area contributed by atoms with E-state index in [1.807, 2.05) is 0 Å². The first kappa shape index (κ1) is 31.1. The van der Waals surface area contributed by atoms with Gasteiger partial charge in [-0.25, -0.2) is 0 Å². The quantitative estimate of drug-likeness (QED) is 0.410. The van der Waals surface area contributed by atoms with E-state index in [4.69, 9.17) is 24.7 Å². The maximum atomic E-state index is 12.5. The van der Waals surface area contributed by atoms with Crippen LogP contribution in [0.15, 0.2) is 18.2 Å². The summed E-state index contributed by atoms with van der Waals surface area (Å²) in [5.41, 5.74) is 4.36. The monoisotopic (exact) mass is 507 g/mol. The van der Waals surface area contributed by atoms with Gasteiger partial charge in [0.15, 0.2) is 11.5 Å². The molecule has 202 valence electrons. The van der Waals surface area contributed by atoms with E-state index in [0.29, 0.717) is 5.56 Å². The molecule has 0 aliphatic carbocycles. The smallest absolute Gasteiger partial charge is 0.323 e. The van der Waals surface area contributed by atoms with Gasteiger partial charge in [-0.3, -0.25) is 19.2 Å². The minimum atomic E-state index is -1.02. The molecule has 9 nitrogen and oxygen atoms in total. The van der Waals surface area contributed by atoms with Crippen molar-refractivity contribution in [1.82, 2.24) is 0 Å². The Labute approximate surface area is 214 Å². The fourth-order valence-corrected chi connectivity index (χ4v) is 2.39. The predicted molar refractivity (Wildman–Crippen MR) is 134 cm³/mol. The van der Waals surface area contributed by atoms with E-state index in [0.717, 1.165) is 0 Å². The predicted octanol–water partition coefficient (Wildman–Crippen LogP) is 3.98. The van der Waals surface area contributed by atoms with Crippen molar-refractivity contribution in [2.75, 3.05) is 6.61 Å². The molecule has 0 heterocycles. The van der Waals surface area contributed by atoms with Gasteiger partial charge in [0.2, 0.25) is 0 Å².